The summed E-state index contributed by atoms with van der Waals surface area (Å²) in [5.74, 6) is 0.175. The topological polar surface area (TPSA) is 40.5 Å². The molecule has 20 heavy (non-hydrogen) atoms. The van der Waals surface area contributed by atoms with Crippen LogP contribution in [0.5, 0.6) is 0 Å². The summed E-state index contributed by atoms with van der Waals surface area (Å²) in [7, 11) is 0. The minimum Gasteiger partial charge on any atom is -0.395 e. The predicted molar refractivity (Wildman–Crippen MR) is 83.0 cm³/mol. The summed E-state index contributed by atoms with van der Waals surface area (Å²) < 4.78 is 0. The van der Waals surface area contributed by atoms with Crippen molar-refractivity contribution in [3.63, 3.8) is 0 Å². The van der Waals surface area contributed by atoms with Crippen LogP contribution in [0.2, 0.25) is 0 Å². The van der Waals surface area contributed by atoms with E-state index in [4.69, 9.17) is 0 Å². The largest absolute Gasteiger partial charge is 0.395 e. The van der Waals surface area contributed by atoms with E-state index in [-0.39, 0.29) is 23.8 Å². The monoisotopic (exact) mass is 293 g/mol. The first kappa shape index (κ1) is 15.4. The molecule has 0 fully saturated rings. The maximum atomic E-state index is 12.8. The number of hydrogen-bond donors (Lipinski definition) is 1. The second kappa shape index (κ2) is 7.14. The standard InChI is InChI=1S/C16H23NO2S/c1-3-13(4-2)17(9-10-18)16(19)15-11-12-7-5-6-8-14(12)20-15/h5-8,13,15,18H,3-4,9-11H2,1-2H3. The zero-order valence-corrected chi connectivity index (χ0v) is 13.0. The highest BCUT2D eigenvalue weighted by atomic mass is 32.2. The van der Waals surface area contributed by atoms with Gasteiger partial charge in [-0.15, -0.1) is 11.8 Å². The molecule has 0 aromatic heterocycles. The van der Waals surface area contributed by atoms with Crippen LogP contribution < -0.4 is 0 Å². The van der Waals surface area contributed by atoms with Crippen LogP contribution >= 0.6 is 11.8 Å². The molecule has 1 unspecified atom stereocenters. The normalized spacial score (nSPS) is 17.3. The van der Waals surface area contributed by atoms with Gasteiger partial charge in [0.2, 0.25) is 5.91 Å². The Morgan fingerprint density at radius 3 is 2.70 bits per heavy atom. The van der Waals surface area contributed by atoms with Gasteiger partial charge >= 0.3 is 0 Å². The maximum absolute atomic E-state index is 12.8. The van der Waals surface area contributed by atoms with Crippen LogP contribution in [0, 0.1) is 0 Å². The average molecular weight is 293 g/mol. The fourth-order valence-electron chi connectivity index (χ4n) is 2.81. The number of carbonyl (C=O) groups excluding carboxylic acids is 1. The van der Waals surface area contributed by atoms with Crippen molar-refractivity contribution >= 4 is 17.7 Å². The number of hydrogen-bond acceptors (Lipinski definition) is 3. The van der Waals surface area contributed by atoms with E-state index in [0.717, 1.165) is 19.3 Å². The van der Waals surface area contributed by atoms with Crippen LogP contribution in [-0.4, -0.2) is 40.4 Å². The van der Waals surface area contributed by atoms with Gasteiger partial charge in [-0.1, -0.05) is 32.0 Å². The number of thioether (sulfide) groups is 1. The lowest BCUT2D eigenvalue weighted by Gasteiger charge is -2.32. The van der Waals surface area contributed by atoms with Crippen molar-refractivity contribution in [2.24, 2.45) is 0 Å². The molecule has 1 aliphatic rings. The van der Waals surface area contributed by atoms with Gasteiger partial charge in [-0.2, -0.15) is 0 Å². The summed E-state index contributed by atoms with van der Waals surface area (Å²) in [6.45, 7) is 4.68. The molecule has 2 rings (SSSR count). The number of aliphatic hydroxyl groups is 1. The molecule has 1 amide bonds. The lowest BCUT2D eigenvalue weighted by atomic mass is 10.1. The number of fused-ring (bicyclic) bond motifs is 1. The second-order valence-electron chi connectivity index (χ2n) is 5.14. The molecular formula is C16H23NO2S. The summed E-state index contributed by atoms with van der Waals surface area (Å²) in [6.07, 6.45) is 2.68. The molecular weight excluding hydrogens is 270 g/mol. The highest BCUT2D eigenvalue weighted by Crippen LogP contribution is 2.37. The predicted octanol–water partition coefficient (Wildman–Crippen LogP) is 2.71. The van der Waals surface area contributed by atoms with Crippen molar-refractivity contribution in [2.45, 2.75) is 49.3 Å². The van der Waals surface area contributed by atoms with Gasteiger partial charge < -0.3 is 10.0 Å². The zero-order chi connectivity index (χ0) is 14.5. The number of benzene rings is 1. The molecule has 0 saturated heterocycles. The van der Waals surface area contributed by atoms with Gasteiger partial charge in [0, 0.05) is 17.5 Å². The van der Waals surface area contributed by atoms with Gasteiger partial charge in [-0.25, -0.2) is 0 Å². The van der Waals surface area contributed by atoms with E-state index in [0.29, 0.717) is 6.54 Å². The summed E-state index contributed by atoms with van der Waals surface area (Å²) >= 11 is 1.66. The zero-order valence-electron chi connectivity index (χ0n) is 12.2. The van der Waals surface area contributed by atoms with Gasteiger partial charge in [0.15, 0.2) is 0 Å². The number of amides is 1. The SMILES string of the molecule is CCC(CC)N(CCO)C(=O)C1Cc2ccccc2S1. The van der Waals surface area contributed by atoms with Gasteiger partial charge in [0.25, 0.3) is 0 Å². The Kier molecular flexibility index (Phi) is 5.49. The fraction of sp³-hybridized carbons (Fsp3) is 0.562. The molecule has 1 aliphatic heterocycles. The van der Waals surface area contributed by atoms with Crippen LogP contribution in [0.3, 0.4) is 0 Å². The fourth-order valence-corrected chi connectivity index (χ4v) is 4.08. The second-order valence-corrected chi connectivity index (χ2v) is 6.39. The molecule has 3 nitrogen and oxygen atoms in total. The Bertz CT molecular complexity index is 435. The van der Waals surface area contributed by atoms with Gasteiger partial charge in [0.05, 0.1) is 11.9 Å². The van der Waals surface area contributed by atoms with Crippen LogP contribution in [0.25, 0.3) is 0 Å². The molecule has 0 bridgehead atoms. The first-order valence-corrected chi connectivity index (χ1v) is 8.25. The van der Waals surface area contributed by atoms with E-state index in [2.05, 4.69) is 26.0 Å². The Labute approximate surface area is 125 Å². The maximum Gasteiger partial charge on any atom is 0.236 e. The van der Waals surface area contributed by atoms with E-state index in [1.807, 2.05) is 17.0 Å². The third-order valence-corrected chi connectivity index (χ3v) is 5.23. The third kappa shape index (κ3) is 3.18. The molecule has 1 aromatic rings. The number of carbonyl (C=O) groups is 1. The number of rotatable bonds is 6. The Hall–Kier alpha value is -1.00. The van der Waals surface area contributed by atoms with E-state index in [1.165, 1.54) is 10.5 Å². The molecule has 0 saturated carbocycles. The van der Waals surface area contributed by atoms with E-state index < -0.39 is 0 Å². The molecule has 0 aliphatic carbocycles. The Balaban J connectivity index is 2.10. The van der Waals surface area contributed by atoms with E-state index in [1.54, 1.807) is 11.8 Å². The van der Waals surface area contributed by atoms with E-state index in [9.17, 15) is 9.90 Å². The first-order chi connectivity index (χ1) is 9.71. The van der Waals surface area contributed by atoms with E-state index >= 15 is 0 Å². The van der Waals surface area contributed by atoms with Crippen molar-refractivity contribution in [3.05, 3.63) is 29.8 Å². The van der Waals surface area contributed by atoms with Gasteiger partial charge in [-0.3, -0.25) is 4.79 Å². The Morgan fingerprint density at radius 1 is 1.40 bits per heavy atom. The quantitative estimate of drug-likeness (QED) is 0.876. The van der Waals surface area contributed by atoms with Crippen molar-refractivity contribution in [1.82, 2.24) is 4.90 Å². The average Bonchev–Trinajstić information content (AvgIpc) is 2.90. The molecule has 1 N–H and O–H groups in total. The lowest BCUT2D eigenvalue weighted by Crippen LogP contribution is -2.45. The van der Waals surface area contributed by atoms with Crippen LogP contribution in [-0.2, 0) is 11.2 Å². The molecule has 0 radical (unpaired) electrons. The highest BCUT2D eigenvalue weighted by Gasteiger charge is 2.33. The molecule has 110 valence electrons. The van der Waals surface area contributed by atoms with Crippen molar-refractivity contribution in [3.8, 4) is 0 Å². The summed E-state index contributed by atoms with van der Waals surface area (Å²) in [5.41, 5.74) is 1.27. The third-order valence-electron chi connectivity index (χ3n) is 3.93. The molecule has 1 aromatic carbocycles. The highest BCUT2D eigenvalue weighted by molar-refractivity contribution is 8.01. The first-order valence-electron chi connectivity index (χ1n) is 7.37. The molecule has 0 spiro atoms. The van der Waals surface area contributed by atoms with Crippen molar-refractivity contribution in [2.75, 3.05) is 13.2 Å². The van der Waals surface area contributed by atoms with Crippen LogP contribution in [0.4, 0.5) is 0 Å². The summed E-state index contributed by atoms with van der Waals surface area (Å²) in [4.78, 5) is 15.9. The van der Waals surface area contributed by atoms with Gasteiger partial charge in [0.1, 0.15) is 0 Å². The number of nitrogens with zero attached hydrogens (tertiary/aromatic N) is 1. The molecule has 1 atom stereocenters. The van der Waals surface area contributed by atoms with Crippen molar-refractivity contribution in [1.29, 1.82) is 0 Å². The van der Waals surface area contributed by atoms with Crippen LogP contribution in [0.15, 0.2) is 29.2 Å². The minimum atomic E-state index is -0.0282. The van der Waals surface area contributed by atoms with Crippen LogP contribution in [0.1, 0.15) is 32.3 Å². The molecule has 1 heterocycles. The summed E-state index contributed by atoms with van der Waals surface area (Å²) in [6, 6.07) is 8.46. The lowest BCUT2D eigenvalue weighted by molar-refractivity contribution is -0.133. The minimum absolute atomic E-state index is 0.0282. The van der Waals surface area contributed by atoms with Crippen molar-refractivity contribution < 1.29 is 9.90 Å². The summed E-state index contributed by atoms with van der Waals surface area (Å²) in [5, 5.41) is 9.21. The molecule has 4 heteroatoms. The Morgan fingerprint density at radius 2 is 2.10 bits per heavy atom. The van der Waals surface area contributed by atoms with Gasteiger partial charge in [-0.05, 0) is 30.9 Å². The number of aliphatic hydroxyl groups excluding tert-OH is 1. The smallest absolute Gasteiger partial charge is 0.236 e.